The van der Waals surface area contributed by atoms with Crippen molar-refractivity contribution in [3.8, 4) is 0 Å². The summed E-state index contributed by atoms with van der Waals surface area (Å²) in [6.07, 6.45) is 7.78. The van der Waals surface area contributed by atoms with Gasteiger partial charge in [-0.3, -0.25) is 4.98 Å². The molecule has 0 aliphatic carbocycles. The van der Waals surface area contributed by atoms with Crippen LogP contribution in [0.5, 0.6) is 0 Å². The van der Waals surface area contributed by atoms with Gasteiger partial charge in [0.15, 0.2) is 11.6 Å². The van der Waals surface area contributed by atoms with Crippen molar-refractivity contribution in [1.82, 2.24) is 24.9 Å². The number of hydrogen-bond donors (Lipinski definition) is 2. The number of hydrogen-bond acceptors (Lipinski definition) is 6. The monoisotopic (exact) mass is 492 g/mol. The van der Waals surface area contributed by atoms with Crippen LogP contribution in [0.1, 0.15) is 31.7 Å². The fraction of sp³-hybridized carbons (Fsp3) is 0.222. The highest BCUT2D eigenvalue weighted by atomic mass is 19.3. The molecule has 36 heavy (non-hydrogen) atoms. The zero-order valence-corrected chi connectivity index (χ0v) is 20.5. The molecule has 0 atom stereocenters. The highest BCUT2D eigenvalue weighted by Gasteiger charge is 2.13. The summed E-state index contributed by atoms with van der Waals surface area (Å²) >= 11 is 0. The van der Waals surface area contributed by atoms with Gasteiger partial charge >= 0.3 is 0 Å². The van der Waals surface area contributed by atoms with E-state index in [0.717, 1.165) is 16.8 Å². The predicted molar refractivity (Wildman–Crippen MR) is 141 cm³/mol. The van der Waals surface area contributed by atoms with E-state index in [1.54, 1.807) is 29.2 Å². The van der Waals surface area contributed by atoms with Crippen LogP contribution < -0.4 is 10.6 Å². The van der Waals surface area contributed by atoms with Gasteiger partial charge in [0.2, 0.25) is 0 Å². The Labute approximate surface area is 209 Å². The first-order valence-electron chi connectivity index (χ1n) is 11.4. The number of pyridine rings is 1. The average molecular weight is 493 g/mol. The van der Waals surface area contributed by atoms with E-state index in [-0.39, 0.29) is 5.57 Å². The molecular formula is C27H30F2N6O. The topological polar surface area (TPSA) is 76.4 Å². The number of nitrogens with zero attached hydrogens (tertiary/aromatic N) is 4. The number of aromatic nitrogens is 4. The van der Waals surface area contributed by atoms with E-state index in [1.165, 1.54) is 19.1 Å². The van der Waals surface area contributed by atoms with E-state index in [9.17, 15) is 8.78 Å². The molecule has 0 aliphatic rings. The number of anilines is 2. The molecule has 0 spiro atoms. The van der Waals surface area contributed by atoms with Gasteiger partial charge in [0.25, 0.3) is 6.43 Å². The van der Waals surface area contributed by atoms with Crippen LogP contribution in [0, 0.1) is 0 Å². The smallest absolute Gasteiger partial charge is 0.259 e. The molecule has 9 heteroatoms. The number of fused-ring (bicyclic) bond motifs is 1. The van der Waals surface area contributed by atoms with Crippen molar-refractivity contribution in [3.05, 3.63) is 97.5 Å². The molecule has 3 aromatic rings. The molecule has 0 amide bonds. The maximum absolute atomic E-state index is 12.7. The van der Waals surface area contributed by atoms with Crippen molar-refractivity contribution in [2.75, 3.05) is 18.5 Å². The van der Waals surface area contributed by atoms with Gasteiger partial charge in [-0.15, -0.1) is 5.10 Å². The standard InChI is InChI=1S/C27H30F2N6O/c1-6-36-20(4)12-15-31-21(5)22-17-30-14-13-23(22)32-27-24-11-8-16-35(24)34-26(33-27)19(3)10-7-9-18(2)25(28)29/h7-11,13-14,16-17,25,31H,3-6,12,15H2,1-2H3,(H,30,32,33,34)/b10-7-,18-9+. The Hall–Kier alpha value is -4.27. The zero-order valence-electron chi connectivity index (χ0n) is 20.5. The molecule has 0 saturated heterocycles. The maximum atomic E-state index is 12.7. The summed E-state index contributed by atoms with van der Waals surface area (Å²) in [5, 5.41) is 11.1. The Morgan fingerprint density at radius 2 is 2.06 bits per heavy atom. The van der Waals surface area contributed by atoms with Gasteiger partial charge in [-0.2, -0.15) is 0 Å². The normalized spacial score (nSPS) is 11.8. The Kier molecular flexibility index (Phi) is 9.10. The fourth-order valence-corrected chi connectivity index (χ4v) is 3.22. The van der Waals surface area contributed by atoms with Crippen LogP contribution in [-0.4, -0.2) is 39.2 Å². The fourth-order valence-electron chi connectivity index (χ4n) is 3.22. The van der Waals surface area contributed by atoms with Crippen molar-refractivity contribution >= 4 is 28.3 Å². The molecule has 0 bridgehead atoms. The number of ether oxygens (including phenoxy) is 1. The lowest BCUT2D eigenvalue weighted by atomic mass is 10.1. The maximum Gasteiger partial charge on any atom is 0.259 e. The van der Waals surface area contributed by atoms with Crippen LogP contribution in [0.4, 0.5) is 20.3 Å². The van der Waals surface area contributed by atoms with Gasteiger partial charge in [0.05, 0.1) is 18.1 Å². The van der Waals surface area contributed by atoms with E-state index in [2.05, 4.69) is 45.4 Å². The lowest BCUT2D eigenvalue weighted by molar-refractivity contribution is 0.190. The number of alkyl halides is 2. The number of halogens is 2. The molecule has 0 aliphatic heterocycles. The quantitative estimate of drug-likeness (QED) is 0.220. The lowest BCUT2D eigenvalue weighted by Crippen LogP contribution is -2.15. The van der Waals surface area contributed by atoms with E-state index >= 15 is 0 Å². The minimum absolute atomic E-state index is 0.0376. The van der Waals surface area contributed by atoms with Crippen LogP contribution in [0.2, 0.25) is 0 Å². The Morgan fingerprint density at radius 1 is 1.25 bits per heavy atom. The number of nitrogens with one attached hydrogen (secondary N) is 2. The largest absolute Gasteiger partial charge is 0.499 e. The molecular weight excluding hydrogens is 462 g/mol. The number of rotatable bonds is 13. The second-order valence-electron chi connectivity index (χ2n) is 7.89. The van der Waals surface area contributed by atoms with Gasteiger partial charge < -0.3 is 15.4 Å². The van der Waals surface area contributed by atoms with Crippen LogP contribution in [0.25, 0.3) is 16.8 Å². The van der Waals surface area contributed by atoms with Crippen molar-refractivity contribution in [3.63, 3.8) is 0 Å². The van der Waals surface area contributed by atoms with Gasteiger partial charge in [-0.05, 0) is 37.6 Å². The van der Waals surface area contributed by atoms with Gasteiger partial charge in [-0.1, -0.05) is 38.0 Å². The van der Waals surface area contributed by atoms with E-state index in [4.69, 9.17) is 4.74 Å². The molecule has 0 fully saturated rings. The van der Waals surface area contributed by atoms with Crippen LogP contribution >= 0.6 is 0 Å². The summed E-state index contributed by atoms with van der Waals surface area (Å²) in [5.74, 6) is 1.60. The van der Waals surface area contributed by atoms with Gasteiger partial charge in [0, 0.05) is 48.4 Å². The minimum atomic E-state index is -2.51. The summed E-state index contributed by atoms with van der Waals surface area (Å²) < 4.78 is 32.5. The third-order valence-corrected chi connectivity index (χ3v) is 5.17. The summed E-state index contributed by atoms with van der Waals surface area (Å²) in [6.45, 7) is 16.5. The molecule has 0 unspecified atom stereocenters. The van der Waals surface area contributed by atoms with Crippen LogP contribution in [-0.2, 0) is 4.74 Å². The molecule has 2 N–H and O–H groups in total. The highest BCUT2D eigenvalue weighted by molar-refractivity contribution is 5.81. The lowest BCUT2D eigenvalue weighted by Gasteiger charge is -2.16. The third kappa shape index (κ3) is 6.88. The molecule has 0 saturated carbocycles. The molecule has 0 radical (unpaired) electrons. The molecule has 3 aromatic heterocycles. The molecule has 7 nitrogen and oxygen atoms in total. The Bertz CT molecular complexity index is 1310. The van der Waals surface area contributed by atoms with Crippen molar-refractivity contribution in [1.29, 1.82) is 0 Å². The second kappa shape index (κ2) is 12.4. The van der Waals surface area contributed by atoms with E-state index in [0.29, 0.717) is 48.2 Å². The summed E-state index contributed by atoms with van der Waals surface area (Å²) in [6, 6.07) is 5.56. The average Bonchev–Trinajstić information content (AvgIpc) is 3.33. The third-order valence-electron chi connectivity index (χ3n) is 5.17. The van der Waals surface area contributed by atoms with Gasteiger partial charge in [-0.25, -0.2) is 18.3 Å². The first-order valence-corrected chi connectivity index (χ1v) is 11.4. The molecule has 188 valence electrons. The predicted octanol–water partition coefficient (Wildman–Crippen LogP) is 6.15. The molecule has 3 rings (SSSR count). The molecule has 3 heterocycles. The van der Waals surface area contributed by atoms with Crippen molar-refractivity contribution < 1.29 is 13.5 Å². The van der Waals surface area contributed by atoms with Gasteiger partial charge in [0.1, 0.15) is 5.52 Å². The van der Waals surface area contributed by atoms with E-state index < -0.39 is 6.43 Å². The van der Waals surface area contributed by atoms with E-state index in [1.807, 2.05) is 25.1 Å². The number of allylic oxidation sites excluding steroid dienone is 5. The SMILES string of the molecule is C=C(CCNC(=C)c1cnccc1Nc1nc(C(=C)/C=C\C=C(/C)C(F)F)nn2cccc12)OCC. The first-order chi connectivity index (χ1) is 17.3. The summed E-state index contributed by atoms with van der Waals surface area (Å²) in [7, 11) is 0. The second-order valence-corrected chi connectivity index (χ2v) is 7.89. The minimum Gasteiger partial charge on any atom is -0.499 e. The van der Waals surface area contributed by atoms with Crippen molar-refractivity contribution in [2.45, 2.75) is 26.7 Å². The Morgan fingerprint density at radius 3 is 2.81 bits per heavy atom. The zero-order chi connectivity index (χ0) is 26.1. The highest BCUT2D eigenvalue weighted by Crippen LogP contribution is 2.26. The van der Waals surface area contributed by atoms with Crippen LogP contribution in [0.3, 0.4) is 0 Å². The first kappa shape index (κ1) is 26.3. The summed E-state index contributed by atoms with van der Waals surface area (Å²) in [4.78, 5) is 8.88. The molecule has 0 aromatic carbocycles. The van der Waals surface area contributed by atoms with Crippen LogP contribution in [0.15, 0.2) is 86.1 Å². The van der Waals surface area contributed by atoms with Crippen molar-refractivity contribution in [2.24, 2.45) is 0 Å². The summed E-state index contributed by atoms with van der Waals surface area (Å²) in [5.41, 5.74) is 3.39. The Balaban J connectivity index is 1.83.